The Morgan fingerprint density at radius 3 is 2.55 bits per heavy atom. The molecule has 2 N–H and O–H groups in total. The van der Waals surface area contributed by atoms with Gasteiger partial charge in [0.2, 0.25) is 0 Å². The highest BCUT2D eigenvalue weighted by molar-refractivity contribution is 5.22. The molecule has 0 aromatic heterocycles. The van der Waals surface area contributed by atoms with E-state index in [-0.39, 0.29) is 5.56 Å². The van der Waals surface area contributed by atoms with Crippen LogP contribution in [0.2, 0.25) is 0 Å². The summed E-state index contributed by atoms with van der Waals surface area (Å²) >= 11 is 0. The van der Waals surface area contributed by atoms with Gasteiger partial charge in [0.25, 0.3) is 0 Å². The van der Waals surface area contributed by atoms with Crippen molar-refractivity contribution in [3.63, 3.8) is 0 Å². The van der Waals surface area contributed by atoms with Crippen molar-refractivity contribution in [1.29, 1.82) is 0 Å². The van der Waals surface area contributed by atoms with E-state index in [1.807, 2.05) is 0 Å². The number of hydrogen-bond donors (Lipinski definition) is 1. The number of piperidine rings is 1. The van der Waals surface area contributed by atoms with Gasteiger partial charge >= 0.3 is 0 Å². The summed E-state index contributed by atoms with van der Waals surface area (Å²) in [6, 6.07) is 3.00. The maximum Gasteiger partial charge on any atom is 0.128 e. The lowest BCUT2D eigenvalue weighted by Gasteiger charge is -2.39. The normalized spacial score (nSPS) is 20.9. The van der Waals surface area contributed by atoms with Gasteiger partial charge in [0.15, 0.2) is 0 Å². The van der Waals surface area contributed by atoms with E-state index in [0.29, 0.717) is 12.0 Å². The Balaban J connectivity index is 1.96. The lowest BCUT2D eigenvalue weighted by molar-refractivity contribution is 0.109. The van der Waals surface area contributed by atoms with Gasteiger partial charge in [-0.2, -0.15) is 0 Å². The highest BCUT2D eigenvalue weighted by Gasteiger charge is 2.29. The second-order valence-corrected chi connectivity index (χ2v) is 6.24. The molecule has 112 valence electrons. The Morgan fingerprint density at radius 2 is 1.95 bits per heavy atom. The Morgan fingerprint density at radius 1 is 1.30 bits per heavy atom. The standard InChI is InChI=1S/C16H24F2N2/c1-3-16(2)6-8-20(9-7-16)11-15(19)13-10-12(17)4-5-14(13)18/h4-5,10,15H,3,6-9,11,19H2,1-2H3. The predicted molar refractivity (Wildman–Crippen MR) is 77.4 cm³/mol. The van der Waals surface area contributed by atoms with Gasteiger partial charge < -0.3 is 10.6 Å². The fraction of sp³-hybridized carbons (Fsp3) is 0.625. The average molecular weight is 282 g/mol. The summed E-state index contributed by atoms with van der Waals surface area (Å²) in [5.41, 5.74) is 6.74. The third-order valence-corrected chi connectivity index (χ3v) is 4.73. The van der Waals surface area contributed by atoms with Crippen molar-refractivity contribution in [3.05, 3.63) is 35.4 Å². The molecule has 20 heavy (non-hydrogen) atoms. The molecular weight excluding hydrogens is 258 g/mol. The highest BCUT2D eigenvalue weighted by atomic mass is 19.1. The predicted octanol–water partition coefficient (Wildman–Crippen LogP) is 3.48. The molecule has 0 amide bonds. The molecule has 0 aliphatic carbocycles. The molecule has 2 nitrogen and oxygen atoms in total. The molecule has 1 fully saturated rings. The number of nitrogens with two attached hydrogens (primary N) is 1. The first-order valence-corrected chi connectivity index (χ1v) is 7.36. The van der Waals surface area contributed by atoms with E-state index >= 15 is 0 Å². The van der Waals surface area contributed by atoms with Crippen LogP contribution in [0.1, 0.15) is 44.7 Å². The molecule has 1 aromatic rings. The molecule has 0 radical (unpaired) electrons. The number of likely N-dealkylation sites (tertiary alicyclic amines) is 1. The SMILES string of the molecule is CCC1(C)CCN(CC(N)c2cc(F)ccc2F)CC1. The molecule has 1 saturated heterocycles. The maximum absolute atomic E-state index is 13.7. The number of hydrogen-bond acceptors (Lipinski definition) is 2. The van der Waals surface area contributed by atoms with E-state index in [1.54, 1.807) is 0 Å². The number of halogens is 2. The van der Waals surface area contributed by atoms with E-state index in [4.69, 9.17) is 5.73 Å². The van der Waals surface area contributed by atoms with Crippen molar-refractivity contribution in [2.45, 2.75) is 39.2 Å². The van der Waals surface area contributed by atoms with Gasteiger partial charge in [-0.15, -0.1) is 0 Å². The van der Waals surface area contributed by atoms with Crippen molar-refractivity contribution in [2.24, 2.45) is 11.1 Å². The van der Waals surface area contributed by atoms with E-state index in [0.717, 1.165) is 38.1 Å². The molecule has 2 rings (SSSR count). The molecule has 1 aliphatic heterocycles. The lowest BCUT2D eigenvalue weighted by atomic mass is 9.78. The van der Waals surface area contributed by atoms with Crippen LogP contribution in [0.5, 0.6) is 0 Å². The van der Waals surface area contributed by atoms with Crippen LogP contribution in [-0.2, 0) is 0 Å². The summed E-state index contributed by atoms with van der Waals surface area (Å²) in [6.07, 6.45) is 3.47. The molecule has 1 aromatic carbocycles. The summed E-state index contributed by atoms with van der Waals surface area (Å²) in [4.78, 5) is 2.26. The first kappa shape index (κ1) is 15.4. The van der Waals surface area contributed by atoms with E-state index in [2.05, 4.69) is 18.7 Å². The van der Waals surface area contributed by atoms with Crippen LogP contribution >= 0.6 is 0 Å². The van der Waals surface area contributed by atoms with Gasteiger partial charge in [-0.25, -0.2) is 8.78 Å². The largest absolute Gasteiger partial charge is 0.323 e. The van der Waals surface area contributed by atoms with Crippen LogP contribution < -0.4 is 5.73 Å². The topological polar surface area (TPSA) is 29.3 Å². The quantitative estimate of drug-likeness (QED) is 0.916. The van der Waals surface area contributed by atoms with Gasteiger partial charge in [-0.05, 0) is 49.5 Å². The molecular formula is C16H24F2N2. The maximum atomic E-state index is 13.7. The van der Waals surface area contributed by atoms with Crippen LogP contribution in [0.25, 0.3) is 0 Å². The third kappa shape index (κ3) is 3.55. The van der Waals surface area contributed by atoms with Crippen LogP contribution in [0.15, 0.2) is 18.2 Å². The number of benzene rings is 1. The van der Waals surface area contributed by atoms with Crippen LogP contribution in [-0.4, -0.2) is 24.5 Å². The molecule has 0 bridgehead atoms. The minimum absolute atomic E-state index is 0.272. The number of rotatable bonds is 4. The van der Waals surface area contributed by atoms with Crippen LogP contribution in [0, 0.1) is 17.0 Å². The van der Waals surface area contributed by atoms with E-state index < -0.39 is 17.7 Å². The molecule has 1 heterocycles. The zero-order chi connectivity index (χ0) is 14.8. The smallest absolute Gasteiger partial charge is 0.128 e. The minimum Gasteiger partial charge on any atom is -0.323 e. The van der Waals surface area contributed by atoms with Crippen molar-refractivity contribution >= 4 is 0 Å². The summed E-state index contributed by atoms with van der Waals surface area (Å²) in [7, 11) is 0. The Bertz CT molecular complexity index is 454. The van der Waals surface area contributed by atoms with Crippen molar-refractivity contribution in [2.75, 3.05) is 19.6 Å². The van der Waals surface area contributed by atoms with Crippen molar-refractivity contribution in [3.8, 4) is 0 Å². The average Bonchev–Trinajstić information content (AvgIpc) is 2.44. The van der Waals surface area contributed by atoms with E-state index in [1.165, 1.54) is 12.5 Å². The Labute approximate surface area is 120 Å². The monoisotopic (exact) mass is 282 g/mol. The molecule has 1 aliphatic rings. The molecule has 0 saturated carbocycles. The highest BCUT2D eigenvalue weighted by Crippen LogP contribution is 2.34. The minimum atomic E-state index is -0.475. The fourth-order valence-corrected chi connectivity index (χ4v) is 2.80. The summed E-state index contributed by atoms with van der Waals surface area (Å²) < 4.78 is 26.9. The second-order valence-electron chi connectivity index (χ2n) is 6.24. The van der Waals surface area contributed by atoms with Gasteiger partial charge in [0.1, 0.15) is 11.6 Å². The zero-order valence-electron chi connectivity index (χ0n) is 12.3. The van der Waals surface area contributed by atoms with Crippen molar-refractivity contribution in [1.82, 2.24) is 4.90 Å². The number of nitrogens with zero attached hydrogens (tertiary/aromatic N) is 1. The molecule has 1 atom stereocenters. The fourth-order valence-electron chi connectivity index (χ4n) is 2.80. The molecule has 0 spiro atoms. The van der Waals surface area contributed by atoms with Gasteiger partial charge in [-0.3, -0.25) is 0 Å². The Kier molecular flexibility index (Phi) is 4.76. The summed E-state index contributed by atoms with van der Waals surface area (Å²) in [6.45, 7) is 7.09. The van der Waals surface area contributed by atoms with Gasteiger partial charge in [0.05, 0.1) is 0 Å². The van der Waals surface area contributed by atoms with Gasteiger partial charge in [-0.1, -0.05) is 20.3 Å². The second kappa shape index (κ2) is 6.19. The summed E-state index contributed by atoms with van der Waals surface area (Å²) in [5, 5.41) is 0. The van der Waals surface area contributed by atoms with Gasteiger partial charge in [0, 0.05) is 18.2 Å². The molecule has 4 heteroatoms. The summed E-state index contributed by atoms with van der Waals surface area (Å²) in [5.74, 6) is -0.858. The molecule has 1 unspecified atom stereocenters. The third-order valence-electron chi connectivity index (χ3n) is 4.73. The lowest BCUT2D eigenvalue weighted by Crippen LogP contribution is -2.41. The Hall–Kier alpha value is -1.00. The first-order chi connectivity index (χ1) is 9.43. The zero-order valence-corrected chi connectivity index (χ0v) is 12.3. The van der Waals surface area contributed by atoms with Crippen LogP contribution in [0.3, 0.4) is 0 Å². The first-order valence-electron chi connectivity index (χ1n) is 7.36. The van der Waals surface area contributed by atoms with Crippen LogP contribution in [0.4, 0.5) is 8.78 Å². The van der Waals surface area contributed by atoms with Crippen molar-refractivity contribution < 1.29 is 8.78 Å². The van der Waals surface area contributed by atoms with E-state index in [9.17, 15) is 8.78 Å².